The summed E-state index contributed by atoms with van der Waals surface area (Å²) in [6.07, 6.45) is 2.48. The summed E-state index contributed by atoms with van der Waals surface area (Å²) >= 11 is 8.88. The van der Waals surface area contributed by atoms with E-state index in [1.54, 1.807) is 0 Å². The van der Waals surface area contributed by atoms with Gasteiger partial charge in [0, 0.05) is 16.4 Å². The van der Waals surface area contributed by atoms with E-state index in [0.717, 1.165) is 22.9 Å². The summed E-state index contributed by atoms with van der Waals surface area (Å²) in [4.78, 5) is 0. The van der Waals surface area contributed by atoms with Gasteiger partial charge in [-0.1, -0.05) is 15.9 Å². The Morgan fingerprint density at radius 3 is 2.75 bits per heavy atom. The molecule has 0 spiro atoms. The maximum atomic E-state index is 13.1. The fourth-order valence-electron chi connectivity index (χ4n) is 1.58. The third-order valence-corrected chi connectivity index (χ3v) is 3.05. The normalized spacial score (nSPS) is 12.8. The molecule has 0 radical (unpaired) electrons. The van der Waals surface area contributed by atoms with Crippen molar-refractivity contribution in [3.8, 4) is 0 Å². The van der Waals surface area contributed by atoms with E-state index in [2.05, 4.69) is 21.4 Å². The predicted molar refractivity (Wildman–Crippen MR) is 68.9 cm³/mol. The Morgan fingerprint density at radius 1 is 1.44 bits per heavy atom. The first-order valence-corrected chi connectivity index (χ1v) is 6.45. The molecule has 1 aromatic rings. The van der Waals surface area contributed by atoms with Crippen molar-refractivity contribution in [2.75, 3.05) is 5.88 Å². The molecule has 0 bridgehead atoms. The van der Waals surface area contributed by atoms with Crippen LogP contribution in [0.5, 0.6) is 0 Å². The highest BCUT2D eigenvalue weighted by molar-refractivity contribution is 9.10. The highest BCUT2D eigenvalue weighted by atomic mass is 79.9. The maximum Gasteiger partial charge on any atom is 0.124 e. The Morgan fingerprint density at radius 2 is 2.19 bits per heavy atom. The molecule has 1 atom stereocenters. The van der Waals surface area contributed by atoms with Gasteiger partial charge in [0.2, 0.25) is 0 Å². The Balaban J connectivity index is 2.62. The summed E-state index contributed by atoms with van der Waals surface area (Å²) in [6.45, 7) is 0. The van der Waals surface area contributed by atoms with Gasteiger partial charge in [-0.15, -0.1) is 11.6 Å². The Kier molecular flexibility index (Phi) is 6.28. The third-order valence-electron chi connectivity index (χ3n) is 2.33. The average molecular weight is 310 g/mol. The van der Waals surface area contributed by atoms with Gasteiger partial charge in [-0.3, -0.25) is 11.3 Å². The molecule has 0 heterocycles. The number of nitrogens with two attached hydrogens (primary N) is 1. The van der Waals surface area contributed by atoms with E-state index in [4.69, 9.17) is 17.4 Å². The third kappa shape index (κ3) is 4.78. The summed E-state index contributed by atoms with van der Waals surface area (Å²) in [5.41, 5.74) is 3.65. The lowest BCUT2D eigenvalue weighted by Gasteiger charge is -2.15. The van der Waals surface area contributed by atoms with Gasteiger partial charge >= 0.3 is 0 Å². The lowest BCUT2D eigenvalue weighted by molar-refractivity contribution is 0.486. The average Bonchev–Trinajstić information content (AvgIpc) is 2.22. The standard InChI is InChI=1S/C11H15BrClFN2/c12-9-4-8(5-10(14)7-9)6-11(16-15)2-1-3-13/h4-5,7,11,16H,1-3,6,15H2. The van der Waals surface area contributed by atoms with Gasteiger partial charge in [-0.25, -0.2) is 4.39 Å². The van der Waals surface area contributed by atoms with E-state index in [1.807, 2.05) is 6.07 Å². The first kappa shape index (κ1) is 13.9. The zero-order valence-electron chi connectivity index (χ0n) is 8.85. The van der Waals surface area contributed by atoms with Crippen molar-refractivity contribution >= 4 is 27.5 Å². The van der Waals surface area contributed by atoms with Crippen LogP contribution in [0, 0.1) is 5.82 Å². The van der Waals surface area contributed by atoms with Crippen molar-refractivity contribution < 1.29 is 4.39 Å². The molecule has 0 aliphatic carbocycles. The van der Waals surface area contributed by atoms with E-state index in [-0.39, 0.29) is 11.9 Å². The number of benzene rings is 1. The lowest BCUT2D eigenvalue weighted by atomic mass is 10.0. The Hall–Kier alpha value is -0.160. The van der Waals surface area contributed by atoms with Crippen LogP contribution in [0.15, 0.2) is 22.7 Å². The summed E-state index contributed by atoms with van der Waals surface area (Å²) in [5.74, 6) is 5.82. The second-order valence-electron chi connectivity index (χ2n) is 3.68. The fraction of sp³-hybridized carbons (Fsp3) is 0.455. The summed E-state index contributed by atoms with van der Waals surface area (Å²) < 4.78 is 13.9. The molecule has 0 saturated carbocycles. The van der Waals surface area contributed by atoms with Crippen LogP contribution in [-0.4, -0.2) is 11.9 Å². The van der Waals surface area contributed by atoms with Gasteiger partial charge in [0.05, 0.1) is 0 Å². The fourth-order valence-corrected chi connectivity index (χ4v) is 2.25. The molecule has 3 N–H and O–H groups in total. The minimum Gasteiger partial charge on any atom is -0.271 e. The molecule has 1 aromatic carbocycles. The smallest absolute Gasteiger partial charge is 0.124 e. The van der Waals surface area contributed by atoms with Crippen molar-refractivity contribution in [1.29, 1.82) is 0 Å². The van der Waals surface area contributed by atoms with Crippen LogP contribution in [0.2, 0.25) is 0 Å². The van der Waals surface area contributed by atoms with Crippen LogP contribution in [-0.2, 0) is 6.42 Å². The van der Waals surface area contributed by atoms with Crippen molar-refractivity contribution in [3.63, 3.8) is 0 Å². The number of hydrazine groups is 1. The maximum absolute atomic E-state index is 13.1. The topological polar surface area (TPSA) is 38.0 Å². The summed E-state index contributed by atoms with van der Waals surface area (Å²) in [6, 6.07) is 4.99. The van der Waals surface area contributed by atoms with E-state index in [9.17, 15) is 4.39 Å². The zero-order chi connectivity index (χ0) is 12.0. The molecule has 1 unspecified atom stereocenters. The van der Waals surface area contributed by atoms with Gasteiger partial charge in [0.1, 0.15) is 5.82 Å². The highest BCUT2D eigenvalue weighted by Crippen LogP contribution is 2.17. The summed E-state index contributed by atoms with van der Waals surface area (Å²) in [7, 11) is 0. The van der Waals surface area contributed by atoms with Crippen LogP contribution < -0.4 is 11.3 Å². The molecule has 90 valence electrons. The molecule has 2 nitrogen and oxygen atoms in total. The van der Waals surface area contributed by atoms with E-state index in [0.29, 0.717) is 12.3 Å². The molecular formula is C11H15BrClFN2. The molecule has 0 saturated heterocycles. The van der Waals surface area contributed by atoms with E-state index in [1.165, 1.54) is 12.1 Å². The minimum atomic E-state index is -0.238. The van der Waals surface area contributed by atoms with E-state index >= 15 is 0 Å². The number of nitrogens with one attached hydrogen (secondary N) is 1. The molecule has 0 aliphatic rings. The Bertz CT molecular complexity index is 316. The number of rotatable bonds is 6. The summed E-state index contributed by atoms with van der Waals surface area (Å²) in [5, 5.41) is 0. The molecule has 0 fully saturated rings. The molecule has 0 aliphatic heterocycles. The van der Waals surface area contributed by atoms with Crippen molar-refractivity contribution in [2.24, 2.45) is 5.84 Å². The van der Waals surface area contributed by atoms with Crippen LogP contribution in [0.3, 0.4) is 0 Å². The van der Waals surface area contributed by atoms with Gasteiger partial charge < -0.3 is 0 Å². The first-order chi connectivity index (χ1) is 7.65. The van der Waals surface area contributed by atoms with E-state index < -0.39 is 0 Å². The van der Waals surface area contributed by atoms with Crippen LogP contribution in [0.4, 0.5) is 4.39 Å². The number of hydrogen-bond acceptors (Lipinski definition) is 2. The number of hydrogen-bond donors (Lipinski definition) is 2. The van der Waals surface area contributed by atoms with Gasteiger partial charge in [0.15, 0.2) is 0 Å². The molecule has 5 heteroatoms. The second-order valence-corrected chi connectivity index (χ2v) is 4.97. The van der Waals surface area contributed by atoms with Gasteiger partial charge in [0.25, 0.3) is 0 Å². The minimum absolute atomic E-state index is 0.132. The van der Waals surface area contributed by atoms with Crippen molar-refractivity contribution in [3.05, 3.63) is 34.1 Å². The van der Waals surface area contributed by atoms with Crippen molar-refractivity contribution in [2.45, 2.75) is 25.3 Å². The quantitative estimate of drug-likeness (QED) is 0.482. The van der Waals surface area contributed by atoms with Crippen LogP contribution in [0.1, 0.15) is 18.4 Å². The van der Waals surface area contributed by atoms with Crippen LogP contribution in [0.25, 0.3) is 0 Å². The monoisotopic (exact) mass is 308 g/mol. The largest absolute Gasteiger partial charge is 0.271 e. The highest BCUT2D eigenvalue weighted by Gasteiger charge is 2.08. The first-order valence-electron chi connectivity index (χ1n) is 5.12. The lowest BCUT2D eigenvalue weighted by Crippen LogP contribution is -2.36. The predicted octanol–water partition coefficient (Wildman–Crippen LogP) is 2.98. The van der Waals surface area contributed by atoms with Gasteiger partial charge in [-0.05, 0) is 43.0 Å². The van der Waals surface area contributed by atoms with Crippen LogP contribution >= 0.6 is 27.5 Å². The molecule has 0 aromatic heterocycles. The second kappa shape index (κ2) is 7.22. The number of alkyl halides is 1. The zero-order valence-corrected chi connectivity index (χ0v) is 11.2. The SMILES string of the molecule is NNC(CCCCl)Cc1cc(F)cc(Br)c1. The Labute approximate surface area is 108 Å². The molecule has 16 heavy (non-hydrogen) atoms. The molecule has 0 amide bonds. The molecular weight excluding hydrogens is 294 g/mol. The van der Waals surface area contributed by atoms with Gasteiger partial charge in [-0.2, -0.15) is 0 Å². The number of halogens is 3. The molecule has 1 rings (SSSR count). The van der Waals surface area contributed by atoms with Crippen molar-refractivity contribution in [1.82, 2.24) is 5.43 Å².